The Bertz CT molecular complexity index is 542. The summed E-state index contributed by atoms with van der Waals surface area (Å²) in [5.41, 5.74) is 1.38. The van der Waals surface area contributed by atoms with E-state index in [-0.39, 0.29) is 5.91 Å². The summed E-state index contributed by atoms with van der Waals surface area (Å²) in [7, 11) is 0. The number of rotatable bonds is 3. The predicted octanol–water partition coefficient (Wildman–Crippen LogP) is 3.33. The summed E-state index contributed by atoms with van der Waals surface area (Å²) in [6, 6.07) is 6.49. The lowest BCUT2D eigenvalue weighted by Crippen LogP contribution is -2.49. The first kappa shape index (κ1) is 13.8. The number of nitrogens with zero attached hydrogens (tertiary/aromatic N) is 2. The van der Waals surface area contributed by atoms with Crippen LogP contribution in [0.2, 0.25) is 0 Å². The van der Waals surface area contributed by atoms with Gasteiger partial charge in [0, 0.05) is 32.2 Å². The van der Waals surface area contributed by atoms with Crippen LogP contribution in [0.1, 0.15) is 28.2 Å². The zero-order chi connectivity index (χ0) is 13.9. The summed E-state index contributed by atoms with van der Waals surface area (Å²) >= 11 is 3.27. The Morgan fingerprint density at radius 1 is 1.20 bits per heavy atom. The normalized spacial score (nSPS) is 18.1. The highest BCUT2D eigenvalue weighted by Gasteiger charge is 2.25. The van der Waals surface area contributed by atoms with E-state index in [1.807, 2.05) is 22.4 Å². The summed E-state index contributed by atoms with van der Waals surface area (Å²) in [5, 5.41) is 6.30. The maximum Gasteiger partial charge on any atom is 0.264 e. The smallest absolute Gasteiger partial charge is 0.264 e. The first-order valence-electron chi connectivity index (χ1n) is 6.84. The van der Waals surface area contributed by atoms with Crippen LogP contribution in [0.25, 0.3) is 0 Å². The van der Waals surface area contributed by atoms with Gasteiger partial charge < -0.3 is 4.90 Å². The summed E-state index contributed by atoms with van der Waals surface area (Å²) in [4.78, 5) is 17.6. The lowest BCUT2D eigenvalue weighted by atomic mass is 10.1. The van der Waals surface area contributed by atoms with Crippen LogP contribution < -0.4 is 0 Å². The summed E-state index contributed by atoms with van der Waals surface area (Å²) < 4.78 is 0. The van der Waals surface area contributed by atoms with Crippen LogP contribution in [0, 0.1) is 0 Å². The molecule has 0 saturated carbocycles. The number of amides is 1. The Kier molecular flexibility index (Phi) is 4.19. The molecule has 1 fully saturated rings. The van der Waals surface area contributed by atoms with Crippen LogP contribution in [0.5, 0.6) is 0 Å². The molecule has 2 aromatic rings. The van der Waals surface area contributed by atoms with Gasteiger partial charge in [-0.2, -0.15) is 11.3 Å². The zero-order valence-corrected chi connectivity index (χ0v) is 13.1. The van der Waals surface area contributed by atoms with Crippen LogP contribution >= 0.6 is 22.7 Å². The zero-order valence-electron chi connectivity index (χ0n) is 11.5. The fraction of sp³-hybridized carbons (Fsp3) is 0.400. The third kappa shape index (κ3) is 2.80. The predicted molar refractivity (Wildman–Crippen MR) is 84.5 cm³/mol. The Hall–Kier alpha value is -1.17. The van der Waals surface area contributed by atoms with Crippen molar-refractivity contribution in [1.29, 1.82) is 0 Å². The summed E-state index contributed by atoms with van der Waals surface area (Å²) in [6.07, 6.45) is 0. The number of carbonyl (C=O) groups excluding carboxylic acids is 1. The fourth-order valence-electron chi connectivity index (χ4n) is 2.59. The molecule has 3 heterocycles. The quantitative estimate of drug-likeness (QED) is 0.868. The molecular weight excluding hydrogens is 288 g/mol. The molecule has 1 amide bonds. The second-order valence-corrected chi connectivity index (χ2v) is 6.77. The molecule has 20 heavy (non-hydrogen) atoms. The number of hydrogen-bond acceptors (Lipinski definition) is 4. The van der Waals surface area contributed by atoms with Crippen molar-refractivity contribution in [2.45, 2.75) is 13.0 Å². The second-order valence-electron chi connectivity index (χ2n) is 5.04. The van der Waals surface area contributed by atoms with Crippen molar-refractivity contribution in [3.05, 3.63) is 44.8 Å². The van der Waals surface area contributed by atoms with Gasteiger partial charge in [-0.25, -0.2) is 0 Å². The molecule has 1 atom stereocenters. The summed E-state index contributed by atoms with van der Waals surface area (Å²) in [6.45, 7) is 5.80. The van der Waals surface area contributed by atoms with E-state index in [0.29, 0.717) is 6.04 Å². The maximum atomic E-state index is 12.3. The molecule has 0 radical (unpaired) electrons. The van der Waals surface area contributed by atoms with Gasteiger partial charge in [0.05, 0.1) is 4.88 Å². The van der Waals surface area contributed by atoms with Crippen molar-refractivity contribution in [3.63, 3.8) is 0 Å². The van der Waals surface area contributed by atoms with Crippen LogP contribution in [0.3, 0.4) is 0 Å². The molecule has 2 aromatic heterocycles. The number of hydrogen-bond donors (Lipinski definition) is 0. The fourth-order valence-corrected chi connectivity index (χ4v) is 4.03. The lowest BCUT2D eigenvalue weighted by Gasteiger charge is -2.37. The lowest BCUT2D eigenvalue weighted by molar-refractivity contribution is 0.0587. The van der Waals surface area contributed by atoms with Crippen molar-refractivity contribution in [2.75, 3.05) is 26.2 Å². The highest BCUT2D eigenvalue weighted by Crippen LogP contribution is 2.24. The molecule has 0 bridgehead atoms. The molecule has 5 heteroatoms. The van der Waals surface area contributed by atoms with Crippen molar-refractivity contribution in [1.82, 2.24) is 9.80 Å². The minimum Gasteiger partial charge on any atom is -0.335 e. The average molecular weight is 306 g/mol. The molecule has 1 saturated heterocycles. The monoisotopic (exact) mass is 306 g/mol. The molecule has 0 aliphatic carbocycles. The third-order valence-corrected chi connectivity index (χ3v) is 5.47. The minimum atomic E-state index is 0.183. The Balaban J connectivity index is 1.58. The molecule has 0 N–H and O–H groups in total. The van der Waals surface area contributed by atoms with Gasteiger partial charge in [-0.05, 0) is 40.8 Å². The standard InChI is InChI=1S/C15H18N2OS2/c1-12(13-4-10-19-11-13)16-5-7-17(8-6-16)15(18)14-3-2-9-20-14/h2-4,9-12H,5-8H2,1H3/t12-/m1/s1. The molecule has 1 aliphatic heterocycles. The first-order chi connectivity index (χ1) is 9.75. The van der Waals surface area contributed by atoms with E-state index in [9.17, 15) is 4.79 Å². The van der Waals surface area contributed by atoms with E-state index in [4.69, 9.17) is 0 Å². The summed E-state index contributed by atoms with van der Waals surface area (Å²) in [5.74, 6) is 0.183. The van der Waals surface area contributed by atoms with Gasteiger partial charge in [0.15, 0.2) is 0 Å². The van der Waals surface area contributed by atoms with Gasteiger partial charge in [-0.3, -0.25) is 9.69 Å². The van der Waals surface area contributed by atoms with Crippen LogP contribution in [0.15, 0.2) is 34.3 Å². The second kappa shape index (κ2) is 6.08. The SMILES string of the molecule is C[C@H](c1ccsc1)N1CCN(C(=O)c2cccs2)CC1. The molecule has 0 spiro atoms. The Morgan fingerprint density at radius 3 is 2.60 bits per heavy atom. The third-order valence-electron chi connectivity index (χ3n) is 3.91. The average Bonchev–Trinajstić information content (AvgIpc) is 3.18. The van der Waals surface area contributed by atoms with Gasteiger partial charge in [-0.15, -0.1) is 11.3 Å². The van der Waals surface area contributed by atoms with Crippen molar-refractivity contribution < 1.29 is 4.79 Å². The van der Waals surface area contributed by atoms with Gasteiger partial charge in [0.25, 0.3) is 5.91 Å². The number of carbonyl (C=O) groups is 1. The van der Waals surface area contributed by atoms with Gasteiger partial charge in [0.1, 0.15) is 0 Å². The largest absolute Gasteiger partial charge is 0.335 e. The van der Waals surface area contributed by atoms with Crippen molar-refractivity contribution in [3.8, 4) is 0 Å². The van der Waals surface area contributed by atoms with E-state index in [1.165, 1.54) is 16.9 Å². The Morgan fingerprint density at radius 2 is 2.00 bits per heavy atom. The van der Waals surface area contributed by atoms with Crippen LogP contribution in [-0.4, -0.2) is 41.9 Å². The molecule has 1 aliphatic rings. The van der Waals surface area contributed by atoms with Crippen molar-refractivity contribution >= 4 is 28.6 Å². The molecule has 0 unspecified atom stereocenters. The van der Waals surface area contributed by atoms with Crippen LogP contribution in [-0.2, 0) is 0 Å². The maximum absolute atomic E-state index is 12.3. The van der Waals surface area contributed by atoms with E-state index in [1.54, 1.807) is 11.3 Å². The topological polar surface area (TPSA) is 23.6 Å². The molecule has 106 valence electrons. The molecule has 3 rings (SSSR count). The van der Waals surface area contributed by atoms with Gasteiger partial charge in [0.2, 0.25) is 0 Å². The van der Waals surface area contributed by atoms with E-state index < -0.39 is 0 Å². The minimum absolute atomic E-state index is 0.183. The number of thiophene rings is 2. The van der Waals surface area contributed by atoms with E-state index in [2.05, 4.69) is 28.7 Å². The van der Waals surface area contributed by atoms with Crippen LogP contribution in [0.4, 0.5) is 0 Å². The first-order valence-corrected chi connectivity index (χ1v) is 8.67. The van der Waals surface area contributed by atoms with E-state index >= 15 is 0 Å². The molecular formula is C15H18N2OS2. The van der Waals surface area contributed by atoms with Crippen molar-refractivity contribution in [2.24, 2.45) is 0 Å². The highest BCUT2D eigenvalue weighted by atomic mass is 32.1. The molecule has 0 aromatic carbocycles. The van der Waals surface area contributed by atoms with Gasteiger partial charge in [-0.1, -0.05) is 6.07 Å². The molecule has 3 nitrogen and oxygen atoms in total. The highest BCUT2D eigenvalue weighted by molar-refractivity contribution is 7.12. The Labute approximate surface area is 127 Å². The van der Waals surface area contributed by atoms with E-state index in [0.717, 1.165) is 31.1 Å². The van der Waals surface area contributed by atoms with Gasteiger partial charge >= 0.3 is 0 Å². The number of piperazine rings is 1.